The Balaban J connectivity index is 3.80. The Kier molecular flexibility index (Phi) is 4.66. The van der Waals surface area contributed by atoms with Crippen molar-refractivity contribution in [2.24, 2.45) is 0 Å². The molecule has 0 aromatic rings. The molecule has 4 heteroatoms. The van der Waals surface area contributed by atoms with Gasteiger partial charge in [0.1, 0.15) is 0 Å². The van der Waals surface area contributed by atoms with Gasteiger partial charge in [-0.2, -0.15) is 0 Å². The van der Waals surface area contributed by atoms with E-state index in [1.54, 1.807) is 22.6 Å². The molecule has 10 heavy (non-hydrogen) atoms. The van der Waals surface area contributed by atoms with Crippen molar-refractivity contribution >= 4 is 49.0 Å². The van der Waals surface area contributed by atoms with Crippen LogP contribution in [-0.4, -0.2) is 13.4 Å². The zero-order valence-corrected chi connectivity index (χ0v) is 10.6. The van der Waals surface area contributed by atoms with E-state index in [4.69, 9.17) is 0 Å². The van der Waals surface area contributed by atoms with E-state index >= 15 is 0 Å². The highest BCUT2D eigenvalue weighted by Crippen LogP contribution is 2.13. The quantitative estimate of drug-likeness (QED) is 0.358. The van der Waals surface area contributed by atoms with E-state index in [9.17, 15) is 4.79 Å². The SMILES string of the molecule is CC(NC(C)(C)I)C(=O)I. The average Bonchev–Trinajstić information content (AvgIpc) is 1.60. The summed E-state index contributed by atoms with van der Waals surface area (Å²) >= 11 is 4.06. The van der Waals surface area contributed by atoms with E-state index in [0.717, 1.165) is 0 Å². The lowest BCUT2D eigenvalue weighted by molar-refractivity contribution is -0.111. The van der Waals surface area contributed by atoms with Gasteiger partial charge in [-0.1, -0.05) is 22.6 Å². The van der Waals surface area contributed by atoms with Gasteiger partial charge in [0.25, 0.3) is 0 Å². The number of hydrogen-bond acceptors (Lipinski definition) is 2. The summed E-state index contributed by atoms with van der Waals surface area (Å²) in [6.07, 6.45) is 0. The third-order valence-electron chi connectivity index (χ3n) is 0.900. The van der Waals surface area contributed by atoms with Crippen molar-refractivity contribution in [3.63, 3.8) is 0 Å². The molecule has 0 aromatic carbocycles. The second-order valence-corrected chi connectivity index (χ2v) is 6.40. The predicted octanol–water partition coefficient (Wildman–Crippen LogP) is 2.10. The van der Waals surface area contributed by atoms with Crippen molar-refractivity contribution in [2.75, 3.05) is 0 Å². The number of nitrogens with one attached hydrogen (secondary N) is 1. The Morgan fingerprint density at radius 3 is 2.10 bits per heavy atom. The minimum atomic E-state index is -0.0486. The highest BCUT2D eigenvalue weighted by atomic mass is 127. The normalized spacial score (nSPS) is 14.9. The molecule has 0 saturated heterocycles. The third-order valence-corrected chi connectivity index (χ3v) is 2.15. The highest BCUT2D eigenvalue weighted by Gasteiger charge is 2.18. The van der Waals surface area contributed by atoms with Crippen LogP contribution in [0.25, 0.3) is 0 Å². The lowest BCUT2D eigenvalue weighted by Gasteiger charge is -2.21. The van der Waals surface area contributed by atoms with E-state index in [0.29, 0.717) is 0 Å². The van der Waals surface area contributed by atoms with Crippen LogP contribution < -0.4 is 5.32 Å². The van der Waals surface area contributed by atoms with Crippen LogP contribution in [0.2, 0.25) is 0 Å². The number of carbonyl (C=O) groups excluding carboxylic acids is 1. The lowest BCUT2D eigenvalue weighted by atomic mass is 10.3. The van der Waals surface area contributed by atoms with Crippen molar-refractivity contribution in [1.29, 1.82) is 0 Å². The summed E-state index contributed by atoms with van der Waals surface area (Å²) in [5, 5.41) is 3.15. The molecular weight excluding hydrogens is 356 g/mol. The molecular formula is C6H11I2NO. The van der Waals surface area contributed by atoms with Gasteiger partial charge >= 0.3 is 0 Å². The molecule has 0 amide bonds. The fourth-order valence-corrected chi connectivity index (χ4v) is 1.19. The molecule has 2 nitrogen and oxygen atoms in total. The Morgan fingerprint density at radius 1 is 1.60 bits per heavy atom. The van der Waals surface area contributed by atoms with Crippen molar-refractivity contribution in [1.82, 2.24) is 5.32 Å². The van der Waals surface area contributed by atoms with E-state index in [1.807, 2.05) is 20.8 Å². The summed E-state index contributed by atoms with van der Waals surface area (Å²) in [5.41, 5.74) is 0. The Labute approximate surface area is 88.8 Å². The van der Waals surface area contributed by atoms with Gasteiger partial charge in [0, 0.05) is 22.6 Å². The van der Waals surface area contributed by atoms with Crippen molar-refractivity contribution < 1.29 is 4.79 Å². The van der Waals surface area contributed by atoms with Gasteiger partial charge < -0.3 is 0 Å². The van der Waals surface area contributed by atoms with Gasteiger partial charge in [-0.15, -0.1) is 0 Å². The fraction of sp³-hybridized carbons (Fsp3) is 0.833. The monoisotopic (exact) mass is 367 g/mol. The van der Waals surface area contributed by atoms with Crippen LogP contribution in [-0.2, 0) is 4.79 Å². The summed E-state index contributed by atoms with van der Waals surface area (Å²) in [6.45, 7) is 5.93. The summed E-state index contributed by atoms with van der Waals surface area (Å²) in [6, 6.07) is -0.0486. The van der Waals surface area contributed by atoms with Gasteiger partial charge in [-0.05, 0) is 20.8 Å². The number of hydrogen-bond donors (Lipinski definition) is 1. The average molecular weight is 367 g/mol. The first-order valence-electron chi connectivity index (χ1n) is 2.99. The smallest absolute Gasteiger partial charge is 0.208 e. The molecule has 1 N–H and O–H groups in total. The van der Waals surface area contributed by atoms with Gasteiger partial charge in [-0.25, -0.2) is 0 Å². The van der Waals surface area contributed by atoms with E-state index in [1.165, 1.54) is 0 Å². The first-order chi connectivity index (χ1) is 4.33. The van der Waals surface area contributed by atoms with Crippen molar-refractivity contribution in [2.45, 2.75) is 30.4 Å². The van der Waals surface area contributed by atoms with E-state index < -0.39 is 0 Å². The minimum absolute atomic E-state index is 0.00198. The molecule has 0 aliphatic heterocycles. The van der Waals surface area contributed by atoms with Gasteiger partial charge in [-0.3, -0.25) is 10.1 Å². The van der Waals surface area contributed by atoms with Crippen LogP contribution in [0.5, 0.6) is 0 Å². The number of alkyl halides is 1. The molecule has 0 aliphatic carbocycles. The second-order valence-electron chi connectivity index (χ2n) is 2.64. The molecule has 0 saturated carbocycles. The van der Waals surface area contributed by atoms with Gasteiger partial charge in [0.2, 0.25) is 3.79 Å². The van der Waals surface area contributed by atoms with Crippen LogP contribution in [0.1, 0.15) is 20.8 Å². The van der Waals surface area contributed by atoms with Crippen LogP contribution in [0.15, 0.2) is 0 Å². The fourth-order valence-electron chi connectivity index (χ4n) is 0.572. The van der Waals surface area contributed by atoms with E-state index in [2.05, 4.69) is 27.9 Å². The van der Waals surface area contributed by atoms with Gasteiger partial charge in [0.05, 0.1) is 9.59 Å². The third kappa shape index (κ3) is 5.84. The molecule has 0 rings (SSSR count). The Hall–Kier alpha value is 1.09. The predicted molar refractivity (Wildman–Crippen MR) is 59.7 cm³/mol. The zero-order chi connectivity index (χ0) is 8.36. The van der Waals surface area contributed by atoms with Gasteiger partial charge in [0.15, 0.2) is 0 Å². The molecule has 0 aliphatic rings. The zero-order valence-electron chi connectivity index (χ0n) is 6.24. The molecule has 0 fully saturated rings. The first kappa shape index (κ1) is 11.1. The standard InChI is InChI=1S/C6H11I2NO/c1-4(5(7)10)9-6(2,3)8/h4,9H,1-3H3. The van der Waals surface area contributed by atoms with Crippen LogP contribution >= 0.6 is 45.2 Å². The van der Waals surface area contributed by atoms with Crippen LogP contribution in [0.3, 0.4) is 0 Å². The molecule has 0 heterocycles. The molecule has 0 radical (unpaired) electrons. The first-order valence-corrected chi connectivity index (χ1v) is 5.14. The van der Waals surface area contributed by atoms with E-state index in [-0.39, 0.29) is 13.4 Å². The molecule has 1 atom stereocenters. The number of halogens is 2. The number of rotatable bonds is 3. The minimum Gasteiger partial charge on any atom is -0.293 e. The molecule has 0 bridgehead atoms. The maximum absolute atomic E-state index is 10.7. The summed E-state index contributed by atoms with van der Waals surface area (Å²) in [4.78, 5) is 10.7. The second kappa shape index (κ2) is 4.20. The lowest BCUT2D eigenvalue weighted by Crippen LogP contribution is -2.42. The maximum Gasteiger partial charge on any atom is 0.208 e. The molecule has 60 valence electrons. The Morgan fingerprint density at radius 2 is 2.00 bits per heavy atom. The topological polar surface area (TPSA) is 29.1 Å². The van der Waals surface area contributed by atoms with Crippen molar-refractivity contribution in [3.05, 3.63) is 0 Å². The van der Waals surface area contributed by atoms with Crippen molar-refractivity contribution in [3.8, 4) is 0 Å². The largest absolute Gasteiger partial charge is 0.293 e. The van der Waals surface area contributed by atoms with Crippen LogP contribution in [0.4, 0.5) is 0 Å². The summed E-state index contributed by atoms with van der Waals surface area (Å²) in [7, 11) is 0. The van der Waals surface area contributed by atoms with Crippen LogP contribution in [0, 0.1) is 0 Å². The maximum atomic E-state index is 10.7. The number of carbonyl (C=O) groups is 1. The molecule has 0 aromatic heterocycles. The Bertz CT molecular complexity index is 130. The highest BCUT2D eigenvalue weighted by molar-refractivity contribution is 14.1. The summed E-state index contributed by atoms with van der Waals surface area (Å²) < 4.78 is 0.153. The summed E-state index contributed by atoms with van der Waals surface area (Å²) in [5.74, 6) is 0. The molecule has 0 spiro atoms. The molecule has 1 unspecified atom stereocenters.